The van der Waals surface area contributed by atoms with Gasteiger partial charge >= 0.3 is 0 Å². The van der Waals surface area contributed by atoms with E-state index in [0.29, 0.717) is 12.6 Å². The predicted octanol–water partition coefficient (Wildman–Crippen LogP) is 3.75. The van der Waals surface area contributed by atoms with Gasteiger partial charge < -0.3 is 19.3 Å². The van der Waals surface area contributed by atoms with Crippen molar-refractivity contribution in [1.29, 1.82) is 0 Å². The maximum absolute atomic E-state index is 13.8. The first-order chi connectivity index (χ1) is 14.7. The third-order valence-corrected chi connectivity index (χ3v) is 7.06. The van der Waals surface area contributed by atoms with Gasteiger partial charge in [-0.2, -0.15) is 0 Å². The van der Waals surface area contributed by atoms with E-state index in [0.717, 1.165) is 56.1 Å². The Labute approximate surface area is 178 Å². The molecule has 30 heavy (non-hydrogen) atoms. The number of carbonyl (C=O) groups is 1. The highest BCUT2D eigenvalue weighted by atomic mass is 16.5. The lowest BCUT2D eigenvalue weighted by Crippen LogP contribution is -2.49. The molecule has 0 aliphatic carbocycles. The summed E-state index contributed by atoms with van der Waals surface area (Å²) in [4.78, 5) is 18.3. The maximum Gasteiger partial charge on any atom is 0.238 e. The van der Waals surface area contributed by atoms with Gasteiger partial charge in [0.25, 0.3) is 0 Å². The van der Waals surface area contributed by atoms with Crippen molar-refractivity contribution in [2.75, 3.05) is 38.3 Å². The van der Waals surface area contributed by atoms with Gasteiger partial charge in [0.15, 0.2) is 0 Å². The van der Waals surface area contributed by atoms with Crippen LogP contribution in [0.15, 0.2) is 48.5 Å². The van der Waals surface area contributed by atoms with Crippen LogP contribution in [0.1, 0.15) is 36.8 Å². The quantitative estimate of drug-likeness (QED) is 0.758. The zero-order valence-electron chi connectivity index (χ0n) is 17.7. The Bertz CT molecular complexity index is 897. The fraction of sp³-hybridized carbons (Fsp3) is 0.480. The molecule has 0 radical (unpaired) electrons. The molecule has 1 atom stereocenters. The molecule has 2 fully saturated rings. The number of amides is 1. The van der Waals surface area contributed by atoms with Crippen LogP contribution in [0, 0.1) is 0 Å². The summed E-state index contributed by atoms with van der Waals surface area (Å²) in [5.41, 5.74) is 3.02. The summed E-state index contributed by atoms with van der Waals surface area (Å²) in [6, 6.07) is 16.4. The molecule has 1 amide bonds. The van der Waals surface area contributed by atoms with Gasteiger partial charge in [-0.3, -0.25) is 4.79 Å². The summed E-state index contributed by atoms with van der Waals surface area (Å²) < 4.78 is 11.1. The molecule has 1 spiro atoms. The van der Waals surface area contributed by atoms with Gasteiger partial charge in [-0.25, -0.2) is 0 Å². The van der Waals surface area contributed by atoms with Crippen LogP contribution in [0.4, 0.5) is 5.69 Å². The number of piperidine rings is 1. The smallest absolute Gasteiger partial charge is 0.238 e. The summed E-state index contributed by atoms with van der Waals surface area (Å²) >= 11 is 0. The van der Waals surface area contributed by atoms with Crippen LogP contribution in [0.3, 0.4) is 0 Å². The van der Waals surface area contributed by atoms with Crippen molar-refractivity contribution >= 4 is 11.6 Å². The Balaban J connectivity index is 1.35. The van der Waals surface area contributed by atoms with Gasteiger partial charge in [0.2, 0.25) is 5.91 Å². The lowest BCUT2D eigenvalue weighted by Gasteiger charge is -2.39. The van der Waals surface area contributed by atoms with E-state index in [-0.39, 0.29) is 11.3 Å². The maximum atomic E-state index is 13.8. The number of para-hydroxylation sites is 1. The van der Waals surface area contributed by atoms with Gasteiger partial charge in [0, 0.05) is 18.8 Å². The fourth-order valence-electron chi connectivity index (χ4n) is 5.34. The average Bonchev–Trinajstić information content (AvgIpc) is 3.38. The number of nitrogens with zero attached hydrogens (tertiary/aromatic N) is 2. The molecule has 2 saturated heterocycles. The highest BCUT2D eigenvalue weighted by Crippen LogP contribution is 2.48. The summed E-state index contributed by atoms with van der Waals surface area (Å²) in [7, 11) is 1.67. The zero-order chi connectivity index (χ0) is 20.6. The molecule has 3 aliphatic heterocycles. The number of hydrogen-bond donors (Lipinski definition) is 0. The molecule has 0 aromatic heterocycles. The molecular weight excluding hydrogens is 376 g/mol. The molecule has 5 rings (SSSR count). The van der Waals surface area contributed by atoms with E-state index >= 15 is 0 Å². The standard InChI is InChI=1S/C25H30N2O3/c1-29-20-10-8-19(9-11-20)17-27-23-7-3-2-6-22(23)25(24(27)28)12-14-26(15-13-25)18-21-5-4-16-30-21/h2-3,6-11,21H,4-5,12-18H2,1H3. The number of carbonyl (C=O) groups excluding carboxylic acids is 1. The third kappa shape index (κ3) is 3.40. The highest BCUT2D eigenvalue weighted by molar-refractivity contribution is 6.08. The number of hydrogen-bond acceptors (Lipinski definition) is 4. The first-order valence-electron chi connectivity index (χ1n) is 11.1. The van der Waals surface area contributed by atoms with Crippen LogP contribution in [0.2, 0.25) is 0 Å². The molecule has 0 saturated carbocycles. The molecule has 5 nitrogen and oxygen atoms in total. The zero-order valence-corrected chi connectivity index (χ0v) is 17.7. The van der Waals surface area contributed by atoms with Crippen molar-refractivity contribution in [3.05, 3.63) is 59.7 Å². The molecule has 3 heterocycles. The van der Waals surface area contributed by atoms with Crippen molar-refractivity contribution in [1.82, 2.24) is 4.90 Å². The van der Waals surface area contributed by atoms with Crippen LogP contribution in [0.25, 0.3) is 0 Å². The first kappa shape index (κ1) is 19.6. The molecule has 1 unspecified atom stereocenters. The summed E-state index contributed by atoms with van der Waals surface area (Å²) in [6.07, 6.45) is 4.48. The number of fused-ring (bicyclic) bond motifs is 2. The minimum atomic E-state index is -0.379. The normalized spacial score (nSPS) is 23.2. The Morgan fingerprint density at radius 3 is 2.57 bits per heavy atom. The van der Waals surface area contributed by atoms with Crippen LogP contribution < -0.4 is 9.64 Å². The molecule has 2 aromatic rings. The van der Waals surface area contributed by atoms with E-state index in [1.54, 1.807) is 7.11 Å². The Morgan fingerprint density at radius 1 is 1.10 bits per heavy atom. The van der Waals surface area contributed by atoms with Crippen LogP contribution in [-0.2, 0) is 21.5 Å². The third-order valence-electron chi connectivity index (χ3n) is 7.06. The second kappa shape index (κ2) is 8.05. The van der Waals surface area contributed by atoms with Crippen LogP contribution in [0.5, 0.6) is 5.75 Å². The van der Waals surface area contributed by atoms with Gasteiger partial charge in [-0.05, 0) is 68.1 Å². The second-order valence-corrected chi connectivity index (χ2v) is 8.77. The largest absolute Gasteiger partial charge is 0.497 e. The molecular formula is C25H30N2O3. The Hall–Kier alpha value is -2.37. The summed E-state index contributed by atoms with van der Waals surface area (Å²) in [5, 5.41) is 0. The van der Waals surface area contributed by atoms with Gasteiger partial charge in [0.05, 0.1) is 25.2 Å². The van der Waals surface area contributed by atoms with E-state index < -0.39 is 0 Å². The first-order valence-corrected chi connectivity index (χ1v) is 11.1. The van der Waals surface area contributed by atoms with Crippen molar-refractivity contribution in [2.24, 2.45) is 0 Å². The summed E-state index contributed by atoms with van der Waals surface area (Å²) in [6.45, 7) is 4.41. The molecule has 5 heteroatoms. The minimum absolute atomic E-state index is 0.260. The fourth-order valence-corrected chi connectivity index (χ4v) is 5.34. The molecule has 158 valence electrons. The van der Waals surface area contributed by atoms with Crippen molar-refractivity contribution in [3.63, 3.8) is 0 Å². The number of likely N-dealkylation sites (tertiary alicyclic amines) is 1. The molecule has 2 aromatic carbocycles. The SMILES string of the molecule is COc1ccc(CN2C(=O)C3(CCN(CC4CCCO4)CC3)c3ccccc32)cc1. The number of ether oxygens (including phenoxy) is 2. The van der Waals surface area contributed by atoms with Crippen molar-refractivity contribution in [2.45, 2.75) is 43.7 Å². The monoisotopic (exact) mass is 406 g/mol. The van der Waals surface area contributed by atoms with E-state index in [1.807, 2.05) is 35.2 Å². The van der Waals surface area contributed by atoms with Crippen molar-refractivity contribution in [3.8, 4) is 5.75 Å². The Morgan fingerprint density at radius 2 is 1.87 bits per heavy atom. The van der Waals surface area contributed by atoms with Crippen molar-refractivity contribution < 1.29 is 14.3 Å². The van der Waals surface area contributed by atoms with E-state index in [9.17, 15) is 4.79 Å². The summed E-state index contributed by atoms with van der Waals surface area (Å²) in [5.74, 6) is 1.10. The topological polar surface area (TPSA) is 42.0 Å². The van der Waals surface area contributed by atoms with Crippen LogP contribution in [-0.4, -0.2) is 50.3 Å². The lowest BCUT2D eigenvalue weighted by molar-refractivity contribution is -0.125. The average molecular weight is 407 g/mol. The molecule has 3 aliphatic rings. The number of benzene rings is 2. The van der Waals surface area contributed by atoms with Gasteiger partial charge in [0.1, 0.15) is 5.75 Å². The van der Waals surface area contributed by atoms with Crippen LogP contribution >= 0.6 is 0 Å². The lowest BCUT2D eigenvalue weighted by atomic mass is 9.73. The number of anilines is 1. The highest BCUT2D eigenvalue weighted by Gasteiger charge is 2.51. The Kier molecular flexibility index (Phi) is 5.25. The minimum Gasteiger partial charge on any atom is -0.497 e. The number of methoxy groups -OCH3 is 1. The van der Waals surface area contributed by atoms with E-state index in [4.69, 9.17) is 9.47 Å². The van der Waals surface area contributed by atoms with Gasteiger partial charge in [-0.15, -0.1) is 0 Å². The van der Waals surface area contributed by atoms with E-state index in [2.05, 4.69) is 23.1 Å². The predicted molar refractivity (Wildman–Crippen MR) is 117 cm³/mol. The second-order valence-electron chi connectivity index (χ2n) is 8.77. The van der Waals surface area contributed by atoms with E-state index in [1.165, 1.54) is 18.4 Å². The number of rotatable bonds is 5. The molecule has 0 bridgehead atoms. The molecule has 0 N–H and O–H groups in total. The van der Waals surface area contributed by atoms with Gasteiger partial charge in [-0.1, -0.05) is 30.3 Å².